The van der Waals surface area contributed by atoms with Gasteiger partial charge in [0.05, 0.1) is 32.8 Å². The molecule has 0 radical (unpaired) electrons. The van der Waals surface area contributed by atoms with E-state index in [1.54, 1.807) is 0 Å². The Bertz CT molecular complexity index is 1120. The molecule has 19 heteroatoms. The van der Waals surface area contributed by atoms with Crippen LogP contribution in [0, 0.1) is 0 Å². The number of hydrogen-bond acceptors (Lipinski definition) is 16. The van der Waals surface area contributed by atoms with Crippen LogP contribution in [0.2, 0.25) is 0 Å². The third-order valence-corrected chi connectivity index (χ3v) is 7.06. The molecule has 0 amide bonds. The van der Waals surface area contributed by atoms with E-state index in [2.05, 4.69) is 15.0 Å². The summed E-state index contributed by atoms with van der Waals surface area (Å²) in [5.41, 5.74) is 6.26. The van der Waals surface area contributed by atoms with Crippen LogP contribution in [-0.2, 0) is 27.8 Å². The maximum atomic E-state index is 12.2. The van der Waals surface area contributed by atoms with Crippen LogP contribution in [0.15, 0.2) is 12.7 Å². The molecule has 0 bridgehead atoms. The van der Waals surface area contributed by atoms with E-state index in [0.717, 1.165) is 0 Å². The van der Waals surface area contributed by atoms with Crippen molar-refractivity contribution in [3.8, 4) is 0 Å². The van der Waals surface area contributed by atoms with Crippen LogP contribution < -0.4 is 5.73 Å². The van der Waals surface area contributed by atoms with E-state index >= 15 is 0 Å². The van der Waals surface area contributed by atoms with Gasteiger partial charge < -0.3 is 55.5 Å². The number of rotatable bonds is 11. The van der Waals surface area contributed by atoms with Gasteiger partial charge in [0.1, 0.15) is 54.6 Å². The highest BCUT2D eigenvalue weighted by atomic mass is 31.2. The highest BCUT2D eigenvalue weighted by Crippen LogP contribution is 2.44. The van der Waals surface area contributed by atoms with Gasteiger partial charge in [0, 0.05) is 0 Å². The second-order valence-corrected chi connectivity index (χ2v) is 10.1. The zero-order valence-corrected chi connectivity index (χ0v) is 20.7. The van der Waals surface area contributed by atoms with Crippen molar-refractivity contribution >= 4 is 24.8 Å². The van der Waals surface area contributed by atoms with Crippen LogP contribution in [-0.4, -0.2) is 130 Å². The Morgan fingerprint density at radius 2 is 1.68 bits per heavy atom. The molecule has 214 valence electrons. The lowest BCUT2D eigenvalue weighted by atomic mass is 9.99. The highest BCUT2D eigenvalue weighted by Gasteiger charge is 2.46. The minimum Gasteiger partial charge on any atom is -0.394 e. The number of aromatic nitrogens is 4. The highest BCUT2D eigenvalue weighted by molar-refractivity contribution is 7.47. The summed E-state index contributed by atoms with van der Waals surface area (Å²) in [5, 5.41) is 59.4. The molecule has 2 aliphatic rings. The minimum absolute atomic E-state index is 0.0327. The van der Waals surface area contributed by atoms with Crippen LogP contribution >= 0.6 is 7.82 Å². The third kappa shape index (κ3) is 6.13. The van der Waals surface area contributed by atoms with Gasteiger partial charge >= 0.3 is 7.82 Å². The lowest BCUT2D eigenvalue weighted by molar-refractivity contribution is -0.301. The van der Waals surface area contributed by atoms with E-state index in [1.165, 1.54) is 17.2 Å². The molecule has 0 spiro atoms. The summed E-state index contributed by atoms with van der Waals surface area (Å²) in [4.78, 5) is 21.9. The summed E-state index contributed by atoms with van der Waals surface area (Å²) in [6, 6.07) is 0. The predicted octanol–water partition coefficient (Wildman–Crippen LogP) is -3.63. The molecule has 0 saturated carbocycles. The van der Waals surface area contributed by atoms with Crippen molar-refractivity contribution in [2.45, 2.75) is 61.7 Å². The molecule has 4 heterocycles. The molecule has 0 aliphatic carbocycles. The minimum atomic E-state index is -4.61. The van der Waals surface area contributed by atoms with Crippen molar-refractivity contribution in [3.63, 3.8) is 0 Å². The van der Waals surface area contributed by atoms with Crippen molar-refractivity contribution in [2.24, 2.45) is 0 Å². The summed E-state index contributed by atoms with van der Waals surface area (Å²) >= 11 is 0. The van der Waals surface area contributed by atoms with Crippen LogP contribution in [0.1, 0.15) is 12.6 Å². The van der Waals surface area contributed by atoms with Crippen LogP contribution in [0.4, 0.5) is 5.82 Å². The van der Waals surface area contributed by atoms with E-state index < -0.39 is 76.3 Å². The van der Waals surface area contributed by atoms with Crippen molar-refractivity contribution in [1.29, 1.82) is 0 Å². The van der Waals surface area contributed by atoms with Gasteiger partial charge in [0.15, 0.2) is 24.0 Å². The fourth-order valence-corrected chi connectivity index (χ4v) is 4.77. The summed E-state index contributed by atoms with van der Waals surface area (Å²) in [5.74, 6) is 0.110. The number of fused-ring (bicyclic) bond motifs is 1. The molecule has 38 heavy (non-hydrogen) atoms. The molecular formula is C19H30N5O13P. The van der Waals surface area contributed by atoms with Gasteiger partial charge in [-0.15, -0.1) is 0 Å². The number of phosphoric ester groups is 1. The van der Waals surface area contributed by atoms with Gasteiger partial charge in [-0.25, -0.2) is 19.5 Å². The monoisotopic (exact) mass is 567 g/mol. The smallest absolute Gasteiger partial charge is 0.394 e. The number of hydrogen-bond donors (Lipinski definition) is 8. The molecule has 18 nitrogen and oxygen atoms in total. The first-order chi connectivity index (χ1) is 18.0. The number of aliphatic hydroxyl groups excluding tert-OH is 6. The van der Waals surface area contributed by atoms with Gasteiger partial charge in [-0.3, -0.25) is 13.6 Å². The predicted molar refractivity (Wildman–Crippen MR) is 122 cm³/mol. The standard InChI is InChI=1S/C19H30N5O13P/c20-16-10-17(22-6-21-16)24(7-23-10)18-14(29)12(27)9(36-18)5-35-38(31,32)34-3-1-2-33-19-15(30)13(28)11(26)8(4-25)37-19/h6-9,11-15,18-19,25-30H,1-5H2,(H,31,32)(H2,20,21,22)/t8-,9-,11+,12-,13+,14+,15-,18-,19-/m1/s1. The topological polar surface area (TPSA) is 274 Å². The van der Waals surface area contributed by atoms with E-state index in [4.69, 9.17) is 29.0 Å². The fourth-order valence-electron chi connectivity index (χ4n) is 4.00. The van der Waals surface area contributed by atoms with E-state index in [9.17, 15) is 40.1 Å². The third-order valence-electron chi connectivity index (χ3n) is 6.07. The van der Waals surface area contributed by atoms with E-state index in [-0.39, 0.29) is 36.6 Å². The van der Waals surface area contributed by atoms with E-state index in [1.807, 2.05) is 0 Å². The maximum absolute atomic E-state index is 12.2. The summed E-state index contributed by atoms with van der Waals surface area (Å²) in [7, 11) is -4.61. The lowest BCUT2D eigenvalue weighted by Crippen LogP contribution is -2.59. The van der Waals surface area contributed by atoms with Gasteiger partial charge in [-0.1, -0.05) is 0 Å². The number of phosphoric acid groups is 1. The van der Waals surface area contributed by atoms with Gasteiger partial charge in [-0.2, -0.15) is 0 Å². The molecule has 2 aromatic rings. The fraction of sp³-hybridized carbons (Fsp3) is 0.737. The second-order valence-electron chi connectivity index (χ2n) is 8.65. The molecule has 2 saturated heterocycles. The molecule has 9 N–H and O–H groups in total. The number of nitrogens with two attached hydrogens (primary N) is 1. The number of aliphatic hydroxyl groups is 6. The molecule has 2 aromatic heterocycles. The maximum Gasteiger partial charge on any atom is 0.472 e. The SMILES string of the molecule is Nc1ncnc2c1ncn2[C@@H]1O[C@H](COP(=O)(O)OCCCO[C@@H]2O[C@H](CO)[C@H](O)[C@H](O)[C@H]2O)[C@@H](O)[C@@H]1O. The first-order valence-electron chi connectivity index (χ1n) is 11.5. The number of nitrogen functional groups attached to an aromatic ring is 1. The molecule has 1 unspecified atom stereocenters. The Morgan fingerprint density at radius 3 is 2.42 bits per heavy atom. The summed E-state index contributed by atoms with van der Waals surface area (Å²) in [6.07, 6.45) is -9.94. The number of nitrogens with zero attached hydrogens (tertiary/aromatic N) is 4. The Balaban J connectivity index is 1.22. The van der Waals surface area contributed by atoms with Crippen LogP contribution in [0.5, 0.6) is 0 Å². The zero-order chi connectivity index (χ0) is 27.6. The Labute approximate surface area is 214 Å². The van der Waals surface area contributed by atoms with Crippen LogP contribution in [0.3, 0.4) is 0 Å². The first kappa shape index (κ1) is 29.1. The Hall–Kier alpha value is -1.90. The largest absolute Gasteiger partial charge is 0.472 e. The van der Waals surface area contributed by atoms with Gasteiger partial charge in [0.2, 0.25) is 0 Å². The Morgan fingerprint density at radius 1 is 0.947 bits per heavy atom. The van der Waals surface area contributed by atoms with Crippen molar-refractivity contribution in [1.82, 2.24) is 19.5 Å². The number of imidazole rings is 1. The molecule has 4 rings (SSSR count). The van der Waals surface area contributed by atoms with Crippen molar-refractivity contribution in [3.05, 3.63) is 12.7 Å². The number of anilines is 1. The molecule has 10 atom stereocenters. The van der Waals surface area contributed by atoms with Gasteiger partial charge in [0.25, 0.3) is 0 Å². The Kier molecular flexibility index (Phi) is 9.26. The van der Waals surface area contributed by atoms with Crippen molar-refractivity contribution in [2.75, 3.05) is 32.2 Å². The first-order valence-corrected chi connectivity index (χ1v) is 13.0. The van der Waals surface area contributed by atoms with Gasteiger partial charge in [-0.05, 0) is 6.42 Å². The molecule has 2 aliphatic heterocycles. The summed E-state index contributed by atoms with van der Waals surface area (Å²) in [6.45, 7) is -1.69. The lowest BCUT2D eigenvalue weighted by Gasteiger charge is -2.39. The average Bonchev–Trinajstić information content (AvgIpc) is 3.44. The van der Waals surface area contributed by atoms with E-state index in [0.29, 0.717) is 0 Å². The zero-order valence-electron chi connectivity index (χ0n) is 19.8. The average molecular weight is 567 g/mol. The molecular weight excluding hydrogens is 537 g/mol. The molecule has 2 fully saturated rings. The van der Waals surface area contributed by atoms with Crippen molar-refractivity contribution < 1.29 is 63.4 Å². The second kappa shape index (κ2) is 12.1. The molecule has 0 aromatic carbocycles. The normalized spacial score (nSPS) is 35.5. The summed E-state index contributed by atoms with van der Waals surface area (Å²) < 4.78 is 39.4. The quantitative estimate of drug-likeness (QED) is 0.0960. The number of ether oxygens (including phenoxy) is 3. The van der Waals surface area contributed by atoms with Crippen LogP contribution in [0.25, 0.3) is 11.2 Å².